The number of hydrogen-bond acceptors (Lipinski definition) is 4. The van der Waals surface area contributed by atoms with E-state index in [1.807, 2.05) is 0 Å². The van der Waals surface area contributed by atoms with E-state index in [0.29, 0.717) is 0 Å². The summed E-state index contributed by atoms with van der Waals surface area (Å²) in [6.07, 6.45) is 2.39. The SMILES string of the molecule is CCCCNc1nc(-c2ccc(N(CC)CC)cc2)cs1. The minimum Gasteiger partial charge on any atom is -0.372 e. The molecule has 0 fully saturated rings. The predicted octanol–water partition coefficient (Wildman–Crippen LogP) is 4.87. The van der Waals surface area contributed by atoms with Gasteiger partial charge in [0.2, 0.25) is 0 Å². The zero-order chi connectivity index (χ0) is 15.1. The maximum Gasteiger partial charge on any atom is 0.183 e. The molecule has 0 aliphatic rings. The lowest BCUT2D eigenvalue weighted by Gasteiger charge is -2.20. The monoisotopic (exact) mass is 303 g/mol. The lowest BCUT2D eigenvalue weighted by molar-refractivity contribution is 0.833. The van der Waals surface area contributed by atoms with E-state index < -0.39 is 0 Å². The van der Waals surface area contributed by atoms with E-state index in [1.165, 1.54) is 24.1 Å². The minimum absolute atomic E-state index is 1.00. The number of anilines is 2. The van der Waals surface area contributed by atoms with E-state index in [0.717, 1.165) is 30.5 Å². The molecule has 21 heavy (non-hydrogen) atoms. The van der Waals surface area contributed by atoms with Crippen molar-refractivity contribution >= 4 is 22.2 Å². The van der Waals surface area contributed by atoms with Crippen LogP contribution >= 0.6 is 11.3 Å². The molecular formula is C17H25N3S. The standard InChI is InChI=1S/C17H25N3S/c1-4-7-12-18-17-19-16(13-21-17)14-8-10-15(11-9-14)20(5-2)6-3/h8-11,13H,4-7,12H2,1-3H3,(H,18,19). The number of unbranched alkanes of at least 4 members (excludes halogenated alkanes) is 1. The average molecular weight is 303 g/mol. The Balaban J connectivity index is 2.05. The van der Waals surface area contributed by atoms with Gasteiger partial charge in [0, 0.05) is 36.3 Å². The van der Waals surface area contributed by atoms with Gasteiger partial charge in [-0.15, -0.1) is 11.3 Å². The van der Waals surface area contributed by atoms with Crippen LogP contribution in [0.25, 0.3) is 11.3 Å². The fourth-order valence-electron chi connectivity index (χ4n) is 2.29. The van der Waals surface area contributed by atoms with E-state index in [9.17, 15) is 0 Å². The normalized spacial score (nSPS) is 10.6. The van der Waals surface area contributed by atoms with Crippen molar-refractivity contribution in [2.24, 2.45) is 0 Å². The zero-order valence-electron chi connectivity index (χ0n) is 13.2. The quantitative estimate of drug-likeness (QED) is 0.705. The molecule has 0 aliphatic carbocycles. The van der Waals surface area contributed by atoms with Crippen LogP contribution in [0.5, 0.6) is 0 Å². The van der Waals surface area contributed by atoms with Crippen LogP contribution in [0.15, 0.2) is 29.6 Å². The Kier molecular flexibility index (Phi) is 6.05. The van der Waals surface area contributed by atoms with E-state index in [-0.39, 0.29) is 0 Å². The third-order valence-corrected chi connectivity index (χ3v) is 4.40. The van der Waals surface area contributed by atoms with Crippen LogP contribution in [-0.2, 0) is 0 Å². The minimum atomic E-state index is 1.00. The Morgan fingerprint density at radius 2 is 1.81 bits per heavy atom. The van der Waals surface area contributed by atoms with E-state index in [1.54, 1.807) is 11.3 Å². The van der Waals surface area contributed by atoms with E-state index in [4.69, 9.17) is 0 Å². The summed E-state index contributed by atoms with van der Waals surface area (Å²) in [6.45, 7) is 9.66. The molecule has 4 heteroatoms. The van der Waals surface area contributed by atoms with Gasteiger partial charge in [0.15, 0.2) is 5.13 Å². The highest BCUT2D eigenvalue weighted by atomic mass is 32.1. The van der Waals surface area contributed by atoms with Gasteiger partial charge in [-0.05, 0) is 32.4 Å². The largest absolute Gasteiger partial charge is 0.372 e. The first kappa shape index (κ1) is 15.8. The summed E-state index contributed by atoms with van der Waals surface area (Å²) < 4.78 is 0. The summed E-state index contributed by atoms with van der Waals surface area (Å²) in [7, 11) is 0. The molecule has 3 nitrogen and oxygen atoms in total. The maximum absolute atomic E-state index is 4.66. The Morgan fingerprint density at radius 1 is 1.10 bits per heavy atom. The van der Waals surface area contributed by atoms with Gasteiger partial charge in [0.1, 0.15) is 0 Å². The second kappa shape index (κ2) is 8.03. The number of rotatable bonds is 8. The molecule has 0 aliphatic heterocycles. The molecule has 1 aromatic carbocycles. The van der Waals surface area contributed by atoms with Crippen LogP contribution in [0.3, 0.4) is 0 Å². The smallest absolute Gasteiger partial charge is 0.183 e. The summed E-state index contributed by atoms with van der Waals surface area (Å²) in [4.78, 5) is 7.01. The van der Waals surface area contributed by atoms with E-state index >= 15 is 0 Å². The fraction of sp³-hybridized carbons (Fsp3) is 0.471. The first-order valence-corrected chi connectivity index (χ1v) is 8.71. The van der Waals surface area contributed by atoms with Gasteiger partial charge < -0.3 is 10.2 Å². The van der Waals surface area contributed by atoms with Crippen molar-refractivity contribution in [1.82, 2.24) is 4.98 Å². The molecule has 2 aromatic rings. The average Bonchev–Trinajstić information content (AvgIpc) is 2.98. The van der Waals surface area contributed by atoms with Gasteiger partial charge in [-0.2, -0.15) is 0 Å². The third kappa shape index (κ3) is 4.21. The first-order valence-electron chi connectivity index (χ1n) is 7.83. The van der Waals surface area contributed by atoms with Crippen molar-refractivity contribution in [2.45, 2.75) is 33.6 Å². The van der Waals surface area contributed by atoms with Crippen molar-refractivity contribution in [3.05, 3.63) is 29.6 Å². The summed E-state index contributed by atoms with van der Waals surface area (Å²) in [5.41, 5.74) is 3.52. The molecule has 114 valence electrons. The van der Waals surface area contributed by atoms with Gasteiger partial charge in [0.25, 0.3) is 0 Å². The van der Waals surface area contributed by atoms with Crippen LogP contribution in [0.1, 0.15) is 33.6 Å². The number of thiazole rings is 1. The number of nitrogens with zero attached hydrogens (tertiary/aromatic N) is 2. The van der Waals surface area contributed by atoms with Gasteiger partial charge in [0.05, 0.1) is 5.69 Å². The zero-order valence-corrected chi connectivity index (χ0v) is 14.0. The van der Waals surface area contributed by atoms with Crippen molar-refractivity contribution in [2.75, 3.05) is 29.9 Å². The lowest BCUT2D eigenvalue weighted by atomic mass is 10.1. The Hall–Kier alpha value is -1.55. The Morgan fingerprint density at radius 3 is 2.43 bits per heavy atom. The summed E-state index contributed by atoms with van der Waals surface area (Å²) >= 11 is 1.68. The van der Waals surface area contributed by atoms with Gasteiger partial charge in [-0.3, -0.25) is 0 Å². The molecular weight excluding hydrogens is 278 g/mol. The molecule has 0 saturated carbocycles. The van der Waals surface area contributed by atoms with Crippen molar-refractivity contribution in [3.63, 3.8) is 0 Å². The summed E-state index contributed by atoms with van der Waals surface area (Å²) in [6, 6.07) is 8.70. The fourth-order valence-corrected chi connectivity index (χ4v) is 3.04. The topological polar surface area (TPSA) is 28.2 Å². The molecule has 1 heterocycles. The summed E-state index contributed by atoms with van der Waals surface area (Å²) in [5, 5.41) is 6.53. The second-order valence-corrected chi connectivity index (χ2v) is 5.90. The molecule has 1 aromatic heterocycles. The van der Waals surface area contributed by atoms with Crippen LogP contribution in [-0.4, -0.2) is 24.6 Å². The van der Waals surface area contributed by atoms with Crippen LogP contribution in [0.2, 0.25) is 0 Å². The van der Waals surface area contributed by atoms with Crippen LogP contribution in [0, 0.1) is 0 Å². The Labute approximate surface area is 132 Å². The lowest BCUT2D eigenvalue weighted by Crippen LogP contribution is -2.21. The third-order valence-electron chi connectivity index (χ3n) is 3.60. The number of benzene rings is 1. The van der Waals surface area contributed by atoms with E-state index in [2.05, 4.69) is 65.6 Å². The van der Waals surface area contributed by atoms with Gasteiger partial charge >= 0.3 is 0 Å². The molecule has 0 spiro atoms. The van der Waals surface area contributed by atoms with Crippen molar-refractivity contribution < 1.29 is 0 Å². The Bertz CT molecular complexity index is 529. The molecule has 0 unspecified atom stereocenters. The first-order chi connectivity index (χ1) is 10.3. The highest BCUT2D eigenvalue weighted by Gasteiger charge is 2.06. The molecule has 1 N–H and O–H groups in total. The number of nitrogens with one attached hydrogen (secondary N) is 1. The number of hydrogen-bond donors (Lipinski definition) is 1. The van der Waals surface area contributed by atoms with Crippen LogP contribution < -0.4 is 10.2 Å². The number of aromatic nitrogens is 1. The highest BCUT2D eigenvalue weighted by Crippen LogP contribution is 2.26. The van der Waals surface area contributed by atoms with Crippen molar-refractivity contribution in [3.8, 4) is 11.3 Å². The highest BCUT2D eigenvalue weighted by molar-refractivity contribution is 7.14. The molecule has 2 rings (SSSR count). The van der Waals surface area contributed by atoms with Crippen LogP contribution in [0.4, 0.5) is 10.8 Å². The maximum atomic E-state index is 4.66. The molecule has 0 amide bonds. The molecule has 0 saturated heterocycles. The van der Waals surface area contributed by atoms with Gasteiger partial charge in [-0.1, -0.05) is 25.5 Å². The van der Waals surface area contributed by atoms with Gasteiger partial charge in [-0.25, -0.2) is 4.98 Å². The molecule has 0 bridgehead atoms. The summed E-state index contributed by atoms with van der Waals surface area (Å²) in [5.74, 6) is 0. The predicted molar refractivity (Wildman–Crippen MR) is 94.5 cm³/mol. The van der Waals surface area contributed by atoms with Crippen molar-refractivity contribution in [1.29, 1.82) is 0 Å². The second-order valence-electron chi connectivity index (χ2n) is 5.04. The molecule has 0 atom stereocenters. The molecule has 0 radical (unpaired) electrons.